The van der Waals surface area contributed by atoms with Crippen LogP contribution in [0.2, 0.25) is 0 Å². The van der Waals surface area contributed by atoms with E-state index in [1.807, 2.05) is 55.7 Å². The largest absolute Gasteiger partial charge is 0.328 e. The van der Waals surface area contributed by atoms with E-state index in [0.29, 0.717) is 6.54 Å². The zero-order chi connectivity index (χ0) is 14.7. The van der Waals surface area contributed by atoms with E-state index in [4.69, 9.17) is 0 Å². The predicted molar refractivity (Wildman–Crippen MR) is 84.5 cm³/mol. The van der Waals surface area contributed by atoms with Gasteiger partial charge in [-0.25, -0.2) is 4.79 Å². The van der Waals surface area contributed by atoms with E-state index in [9.17, 15) is 4.79 Å². The first-order chi connectivity index (χ1) is 10.3. The molecule has 2 aromatic carbocycles. The number of aryl methyl sites for hydroxylation is 1. The van der Waals surface area contributed by atoms with Gasteiger partial charge in [-0.15, -0.1) is 0 Å². The Morgan fingerprint density at radius 1 is 0.857 bits per heavy atom. The summed E-state index contributed by atoms with van der Waals surface area (Å²) in [5.41, 5.74) is 2.24. The second-order valence-corrected chi connectivity index (χ2v) is 5.00. The summed E-state index contributed by atoms with van der Waals surface area (Å²) in [5, 5.41) is 0. The second-order valence-electron chi connectivity index (χ2n) is 5.00. The first-order valence-corrected chi connectivity index (χ1v) is 7.18. The van der Waals surface area contributed by atoms with Crippen LogP contribution in [0.15, 0.2) is 77.9 Å². The molecule has 0 fully saturated rings. The molecule has 0 unspecified atom stereocenters. The minimum Gasteiger partial charge on any atom is -0.299 e. The standard InChI is InChI=1S/C18H18N2O/c1-2-19-13-14-20(18(19)21)17(15-9-5-3-6-10-15)16-11-7-4-8-12-16/h3-14,17H,2H2,1H3. The van der Waals surface area contributed by atoms with Crippen molar-refractivity contribution in [2.24, 2.45) is 0 Å². The van der Waals surface area contributed by atoms with E-state index in [0.717, 1.165) is 11.1 Å². The molecule has 0 aliphatic heterocycles. The third-order valence-electron chi connectivity index (χ3n) is 3.72. The van der Waals surface area contributed by atoms with E-state index in [2.05, 4.69) is 24.3 Å². The third kappa shape index (κ3) is 2.55. The highest BCUT2D eigenvalue weighted by Gasteiger charge is 2.18. The number of hydrogen-bond acceptors (Lipinski definition) is 1. The fourth-order valence-electron chi connectivity index (χ4n) is 2.65. The topological polar surface area (TPSA) is 26.9 Å². The summed E-state index contributed by atoms with van der Waals surface area (Å²) in [5.74, 6) is 0. The fourth-order valence-corrected chi connectivity index (χ4v) is 2.65. The Bertz CT molecular complexity index is 717. The molecule has 3 rings (SSSR count). The third-order valence-corrected chi connectivity index (χ3v) is 3.72. The number of benzene rings is 2. The number of aromatic nitrogens is 2. The first-order valence-electron chi connectivity index (χ1n) is 7.18. The van der Waals surface area contributed by atoms with Crippen molar-refractivity contribution in [3.8, 4) is 0 Å². The first kappa shape index (κ1) is 13.4. The molecule has 106 valence electrons. The highest BCUT2D eigenvalue weighted by Crippen LogP contribution is 2.25. The summed E-state index contributed by atoms with van der Waals surface area (Å²) in [6, 6.07) is 20.2. The van der Waals surface area contributed by atoms with E-state index in [1.54, 1.807) is 9.13 Å². The minimum atomic E-state index is -0.0901. The quantitative estimate of drug-likeness (QED) is 0.719. The van der Waals surface area contributed by atoms with Crippen molar-refractivity contribution >= 4 is 0 Å². The molecule has 1 aromatic heterocycles. The van der Waals surface area contributed by atoms with Crippen LogP contribution in [0.4, 0.5) is 0 Å². The lowest BCUT2D eigenvalue weighted by Gasteiger charge is -2.19. The Morgan fingerprint density at radius 3 is 1.81 bits per heavy atom. The summed E-state index contributed by atoms with van der Waals surface area (Å²) in [6.45, 7) is 2.66. The monoisotopic (exact) mass is 278 g/mol. The average molecular weight is 278 g/mol. The molecule has 0 aliphatic rings. The summed E-state index contributed by atoms with van der Waals surface area (Å²) in [7, 11) is 0. The van der Waals surface area contributed by atoms with Gasteiger partial charge in [0.25, 0.3) is 0 Å². The van der Waals surface area contributed by atoms with Gasteiger partial charge in [-0.3, -0.25) is 9.13 Å². The van der Waals surface area contributed by atoms with Crippen molar-refractivity contribution in [3.05, 3.63) is 94.7 Å². The van der Waals surface area contributed by atoms with E-state index >= 15 is 0 Å². The van der Waals surface area contributed by atoms with Crippen LogP contribution in [0.3, 0.4) is 0 Å². The Morgan fingerprint density at radius 2 is 1.38 bits per heavy atom. The lowest BCUT2D eigenvalue weighted by Crippen LogP contribution is -2.28. The molecule has 0 amide bonds. The molecule has 0 saturated carbocycles. The number of nitrogens with zero attached hydrogens (tertiary/aromatic N) is 2. The molecule has 21 heavy (non-hydrogen) atoms. The lowest BCUT2D eigenvalue weighted by atomic mass is 9.99. The lowest BCUT2D eigenvalue weighted by molar-refractivity contribution is 0.612. The van der Waals surface area contributed by atoms with Crippen LogP contribution in [-0.2, 0) is 6.54 Å². The Balaban J connectivity index is 2.17. The van der Waals surface area contributed by atoms with Crippen molar-refractivity contribution in [3.63, 3.8) is 0 Å². The van der Waals surface area contributed by atoms with Crippen LogP contribution in [0.1, 0.15) is 24.1 Å². The van der Waals surface area contributed by atoms with Gasteiger partial charge in [-0.1, -0.05) is 60.7 Å². The summed E-state index contributed by atoms with van der Waals surface area (Å²) in [6.07, 6.45) is 3.72. The number of imidazole rings is 1. The molecule has 0 aliphatic carbocycles. The maximum Gasteiger partial charge on any atom is 0.328 e. The van der Waals surface area contributed by atoms with Crippen LogP contribution in [-0.4, -0.2) is 9.13 Å². The Labute approximate surface area is 124 Å². The second kappa shape index (κ2) is 5.83. The highest BCUT2D eigenvalue weighted by atomic mass is 16.1. The number of rotatable bonds is 4. The molecule has 3 aromatic rings. The smallest absolute Gasteiger partial charge is 0.299 e. The van der Waals surface area contributed by atoms with Gasteiger partial charge in [0.1, 0.15) is 0 Å². The average Bonchev–Trinajstić information content (AvgIpc) is 2.91. The molecule has 0 bridgehead atoms. The summed E-state index contributed by atoms with van der Waals surface area (Å²) >= 11 is 0. The molecule has 1 heterocycles. The van der Waals surface area contributed by atoms with Gasteiger partial charge < -0.3 is 0 Å². The molecule has 0 spiro atoms. The zero-order valence-electron chi connectivity index (χ0n) is 12.0. The normalized spacial score (nSPS) is 11.0. The molecule has 0 atom stereocenters. The van der Waals surface area contributed by atoms with Crippen LogP contribution >= 0.6 is 0 Å². The van der Waals surface area contributed by atoms with Gasteiger partial charge in [0, 0.05) is 18.9 Å². The molecular formula is C18H18N2O. The Hall–Kier alpha value is -2.55. The molecule has 0 radical (unpaired) electrons. The Kier molecular flexibility index (Phi) is 3.73. The van der Waals surface area contributed by atoms with E-state index < -0.39 is 0 Å². The molecule has 0 N–H and O–H groups in total. The van der Waals surface area contributed by atoms with Gasteiger partial charge >= 0.3 is 5.69 Å². The summed E-state index contributed by atoms with van der Waals surface area (Å²) in [4.78, 5) is 12.5. The molecule has 3 heteroatoms. The van der Waals surface area contributed by atoms with Crippen LogP contribution in [0.5, 0.6) is 0 Å². The van der Waals surface area contributed by atoms with Crippen molar-refractivity contribution in [2.75, 3.05) is 0 Å². The molecular weight excluding hydrogens is 260 g/mol. The van der Waals surface area contributed by atoms with Crippen LogP contribution < -0.4 is 5.69 Å². The van der Waals surface area contributed by atoms with Gasteiger partial charge in [0.15, 0.2) is 0 Å². The zero-order valence-corrected chi connectivity index (χ0v) is 12.0. The SMILES string of the molecule is CCn1ccn(C(c2ccccc2)c2ccccc2)c1=O. The van der Waals surface area contributed by atoms with E-state index in [-0.39, 0.29) is 11.7 Å². The predicted octanol–water partition coefficient (Wildman–Crippen LogP) is 3.31. The van der Waals surface area contributed by atoms with Crippen LogP contribution in [0.25, 0.3) is 0 Å². The van der Waals surface area contributed by atoms with Crippen LogP contribution in [0, 0.1) is 0 Å². The van der Waals surface area contributed by atoms with Crippen molar-refractivity contribution in [1.29, 1.82) is 0 Å². The molecule has 3 nitrogen and oxygen atoms in total. The molecule has 0 saturated heterocycles. The maximum absolute atomic E-state index is 12.5. The van der Waals surface area contributed by atoms with Crippen molar-refractivity contribution in [2.45, 2.75) is 19.5 Å². The van der Waals surface area contributed by atoms with E-state index in [1.165, 1.54) is 0 Å². The van der Waals surface area contributed by atoms with Crippen molar-refractivity contribution < 1.29 is 0 Å². The maximum atomic E-state index is 12.5. The highest BCUT2D eigenvalue weighted by molar-refractivity contribution is 5.32. The minimum absolute atomic E-state index is 0.0233. The van der Waals surface area contributed by atoms with Crippen molar-refractivity contribution in [1.82, 2.24) is 9.13 Å². The number of hydrogen-bond donors (Lipinski definition) is 0. The fraction of sp³-hybridized carbons (Fsp3) is 0.167. The van der Waals surface area contributed by atoms with Gasteiger partial charge in [-0.2, -0.15) is 0 Å². The van der Waals surface area contributed by atoms with Gasteiger partial charge in [-0.05, 0) is 18.1 Å². The van der Waals surface area contributed by atoms with Gasteiger partial charge in [0.05, 0.1) is 6.04 Å². The van der Waals surface area contributed by atoms with Gasteiger partial charge in [0.2, 0.25) is 0 Å². The summed E-state index contributed by atoms with van der Waals surface area (Å²) < 4.78 is 3.52.